The fourth-order valence-electron chi connectivity index (χ4n) is 13.3. The van der Waals surface area contributed by atoms with Gasteiger partial charge in [0, 0.05) is 75.3 Å². The van der Waals surface area contributed by atoms with Crippen molar-refractivity contribution in [3.05, 3.63) is 84.7 Å². The maximum Gasteiger partial charge on any atom is 0.159 e. The molecule has 6 atom stereocenters. The van der Waals surface area contributed by atoms with Gasteiger partial charge in [-0.05, 0) is 84.5 Å². The van der Waals surface area contributed by atoms with Gasteiger partial charge in [0.05, 0.1) is 84.9 Å². The number of hydrogen-bond acceptors (Lipinski definition) is 14. The lowest BCUT2D eigenvalue weighted by molar-refractivity contribution is -0.0118. The van der Waals surface area contributed by atoms with Gasteiger partial charge in [0.1, 0.15) is 24.3 Å². The first kappa shape index (κ1) is 42.1. The van der Waals surface area contributed by atoms with Crippen LogP contribution in [0.3, 0.4) is 0 Å². The zero-order valence-corrected chi connectivity index (χ0v) is 39.0. The summed E-state index contributed by atoms with van der Waals surface area (Å²) in [6.45, 7) is 15.5. The maximum absolute atomic E-state index is 10.2. The lowest BCUT2D eigenvalue weighted by atomic mass is 9.50. The third-order valence-electron chi connectivity index (χ3n) is 18.2. The zero-order valence-electron chi connectivity index (χ0n) is 39.0. The van der Waals surface area contributed by atoms with Gasteiger partial charge in [-0.1, -0.05) is 38.1 Å². The maximum atomic E-state index is 10.2. The summed E-state index contributed by atoms with van der Waals surface area (Å²) in [6.07, 6.45) is 14.0. The van der Waals surface area contributed by atoms with Gasteiger partial charge < -0.3 is 19.3 Å². The quantitative estimate of drug-likeness (QED) is 0.196. The van der Waals surface area contributed by atoms with Gasteiger partial charge in [-0.15, -0.1) is 0 Å². The van der Waals surface area contributed by atoms with Crippen molar-refractivity contribution in [2.45, 2.75) is 75.3 Å². The number of nitrogens with zero attached hydrogens (tertiary/aromatic N) is 14. The molecule has 8 heterocycles. The molecule has 4 aromatic heterocycles. The second-order valence-electron chi connectivity index (χ2n) is 21.2. The molecule has 0 amide bonds. The molecule has 2 aromatic carbocycles. The van der Waals surface area contributed by atoms with Crippen molar-refractivity contribution in [3.63, 3.8) is 0 Å². The lowest BCUT2D eigenvalue weighted by Crippen LogP contribution is -2.58. The number of morpholine rings is 2. The molecule has 6 aromatic rings. The molecule has 8 fully saturated rings. The Kier molecular flexibility index (Phi) is 9.75. The smallest absolute Gasteiger partial charge is 0.159 e. The molecule has 0 N–H and O–H groups in total. The number of aromatic nitrogens is 8. The van der Waals surface area contributed by atoms with Crippen molar-refractivity contribution in [3.8, 4) is 23.8 Å². The highest BCUT2D eigenvalue weighted by Gasteiger charge is 2.68. The van der Waals surface area contributed by atoms with Crippen molar-refractivity contribution in [2.24, 2.45) is 22.7 Å². The third kappa shape index (κ3) is 6.58. The Morgan fingerprint density at radius 1 is 0.559 bits per heavy atom. The van der Waals surface area contributed by atoms with E-state index in [2.05, 4.69) is 112 Å². The number of piperazine rings is 2. The molecule has 4 aliphatic carbocycles. The predicted octanol–water partition coefficient (Wildman–Crippen LogP) is 5.84. The van der Waals surface area contributed by atoms with Crippen LogP contribution in [0, 0.1) is 45.3 Å². The Balaban J connectivity index is 0.000000134. The third-order valence-corrected chi connectivity index (χ3v) is 18.2. The molecule has 16 heteroatoms. The summed E-state index contributed by atoms with van der Waals surface area (Å²) in [5.41, 5.74) is 4.25. The molecule has 0 radical (unpaired) electrons. The number of anilines is 2. The Morgan fingerprint density at radius 2 is 1.00 bits per heavy atom. The molecule has 4 saturated carbocycles. The summed E-state index contributed by atoms with van der Waals surface area (Å²) in [4.78, 5) is 28.0. The lowest BCUT2D eigenvalue weighted by Gasteiger charge is -2.51. The van der Waals surface area contributed by atoms with Crippen LogP contribution in [0.15, 0.2) is 73.6 Å². The van der Waals surface area contributed by atoms with Crippen LogP contribution >= 0.6 is 0 Å². The monoisotopic (exact) mass is 910 g/mol. The second kappa shape index (κ2) is 15.8. The standard InChI is InChI=1S/2C26H29N7O/c2*1-18-25(4-5-25)15-26(18,16-27)20-3-2-19-12-30-33(22(19)10-20)24-11-23(28-17-29-24)32-7-6-31-8-9-34-14-21(31)13-32/h2*2-3,10-12,17-18,21H,4-9,13-15H2,1H3/t18-,21+,26-;18-,21-,26+/m10/s1. The van der Waals surface area contributed by atoms with Crippen LogP contribution in [-0.4, -0.2) is 140 Å². The first-order valence-electron chi connectivity index (χ1n) is 24.8. The van der Waals surface area contributed by atoms with Crippen LogP contribution in [0.25, 0.3) is 33.4 Å². The molecule has 4 saturated heterocycles. The van der Waals surface area contributed by atoms with E-state index in [1.54, 1.807) is 12.7 Å². The average molecular weight is 911 g/mol. The van der Waals surface area contributed by atoms with E-state index in [-0.39, 0.29) is 0 Å². The van der Waals surface area contributed by atoms with Crippen LogP contribution in [0.5, 0.6) is 0 Å². The van der Waals surface area contributed by atoms with E-state index < -0.39 is 10.8 Å². The molecular weight excluding hydrogens is 853 g/mol. The Hall–Kier alpha value is -6.04. The highest BCUT2D eigenvalue weighted by Crippen LogP contribution is 2.73. The fraction of sp³-hybridized carbons (Fsp3) is 0.538. The Bertz CT molecular complexity index is 2820. The van der Waals surface area contributed by atoms with Crippen molar-refractivity contribution in [1.82, 2.24) is 49.3 Å². The van der Waals surface area contributed by atoms with E-state index in [9.17, 15) is 10.5 Å². The van der Waals surface area contributed by atoms with Gasteiger partial charge in [-0.2, -0.15) is 20.7 Å². The minimum atomic E-state index is -0.391. The highest BCUT2D eigenvalue weighted by atomic mass is 16.5. The summed E-state index contributed by atoms with van der Waals surface area (Å²) in [5.74, 6) is 4.15. The van der Waals surface area contributed by atoms with Gasteiger partial charge in [0.15, 0.2) is 11.6 Å². The zero-order chi connectivity index (χ0) is 45.8. The van der Waals surface area contributed by atoms with Gasteiger partial charge in [0.25, 0.3) is 0 Å². The summed E-state index contributed by atoms with van der Waals surface area (Å²) in [7, 11) is 0. The van der Waals surface area contributed by atoms with E-state index in [1.807, 2.05) is 33.9 Å². The van der Waals surface area contributed by atoms with E-state index in [0.29, 0.717) is 34.7 Å². The van der Waals surface area contributed by atoms with Crippen molar-refractivity contribution >= 4 is 33.4 Å². The van der Waals surface area contributed by atoms with Gasteiger partial charge >= 0.3 is 0 Å². The van der Waals surface area contributed by atoms with Crippen LogP contribution in [0.1, 0.15) is 63.5 Å². The number of hydrogen-bond donors (Lipinski definition) is 0. The Labute approximate surface area is 396 Å². The molecule has 348 valence electrons. The molecule has 68 heavy (non-hydrogen) atoms. The molecule has 8 aliphatic rings. The summed E-state index contributed by atoms with van der Waals surface area (Å²) in [5, 5.41) is 31.8. The number of rotatable bonds is 6. The molecule has 14 rings (SSSR count). The predicted molar refractivity (Wildman–Crippen MR) is 256 cm³/mol. The molecule has 2 spiro atoms. The van der Waals surface area contributed by atoms with Crippen LogP contribution in [0.2, 0.25) is 0 Å². The van der Waals surface area contributed by atoms with Gasteiger partial charge in [-0.3, -0.25) is 9.80 Å². The van der Waals surface area contributed by atoms with Gasteiger partial charge in [0.2, 0.25) is 0 Å². The van der Waals surface area contributed by atoms with Crippen molar-refractivity contribution in [1.29, 1.82) is 10.5 Å². The van der Waals surface area contributed by atoms with E-state index in [0.717, 1.165) is 148 Å². The second-order valence-corrected chi connectivity index (χ2v) is 21.2. The minimum absolute atomic E-state index is 0.391. The van der Waals surface area contributed by atoms with Crippen molar-refractivity contribution in [2.75, 3.05) is 88.6 Å². The SMILES string of the molecule is C[C@@H]1C2(CC2)C[C@]1(C#N)c1ccc2cnn(-c3cc(N4CCN5CCOC[C@@H]5C4)ncn3)c2c1.C[C@H]1C2(CC2)C[C@]1(C#N)c1ccc2cnn(-c3cc(N4CCN5CCOC[C@@H]5C4)ncn3)c2c1. The molecular formula is C52H58N14O2. The normalized spacial score (nSPS) is 30.1. The highest BCUT2D eigenvalue weighted by molar-refractivity contribution is 5.82. The molecule has 4 aliphatic heterocycles. The average Bonchev–Trinajstić information content (AvgIpc) is 4.31. The number of benzene rings is 2. The number of fused-ring (bicyclic) bond motifs is 4. The van der Waals surface area contributed by atoms with Crippen LogP contribution < -0.4 is 9.80 Å². The van der Waals surface area contributed by atoms with Crippen LogP contribution in [-0.2, 0) is 20.3 Å². The Morgan fingerprint density at radius 3 is 1.41 bits per heavy atom. The summed E-state index contributed by atoms with van der Waals surface area (Å²) < 4.78 is 15.2. The molecule has 16 nitrogen and oxygen atoms in total. The van der Waals surface area contributed by atoms with E-state index in [1.165, 1.54) is 25.7 Å². The van der Waals surface area contributed by atoms with Crippen molar-refractivity contribution < 1.29 is 9.47 Å². The minimum Gasteiger partial charge on any atom is -0.378 e. The fourth-order valence-corrected chi connectivity index (χ4v) is 13.3. The summed E-state index contributed by atoms with van der Waals surface area (Å²) in [6, 6.07) is 23.0. The first-order valence-corrected chi connectivity index (χ1v) is 24.8. The number of ether oxygens (including phenoxy) is 2. The van der Waals surface area contributed by atoms with E-state index in [4.69, 9.17) is 9.47 Å². The van der Waals surface area contributed by atoms with E-state index >= 15 is 0 Å². The van der Waals surface area contributed by atoms with Gasteiger partial charge in [-0.25, -0.2) is 29.3 Å². The summed E-state index contributed by atoms with van der Waals surface area (Å²) >= 11 is 0. The number of nitriles is 2. The molecule has 0 unspecified atom stereocenters. The molecule has 0 bridgehead atoms. The largest absolute Gasteiger partial charge is 0.378 e. The topological polar surface area (TPSA) is 166 Å². The van der Waals surface area contributed by atoms with Crippen LogP contribution in [0.4, 0.5) is 11.6 Å². The first-order chi connectivity index (χ1) is 33.2.